The molecular weight excluding hydrogens is 440 g/mol. The van der Waals surface area contributed by atoms with E-state index in [0.29, 0.717) is 32.8 Å². The second-order valence-electron chi connectivity index (χ2n) is 8.13. The van der Waals surface area contributed by atoms with Crippen LogP contribution in [0.3, 0.4) is 0 Å². The third kappa shape index (κ3) is 3.91. The lowest BCUT2D eigenvalue weighted by molar-refractivity contribution is -0.0498. The minimum absolute atomic E-state index is 0.118. The van der Waals surface area contributed by atoms with Crippen LogP contribution < -0.4 is 14.5 Å². The van der Waals surface area contributed by atoms with Crippen LogP contribution in [0.1, 0.15) is 18.4 Å². The summed E-state index contributed by atoms with van der Waals surface area (Å²) in [6, 6.07) is 12.0. The van der Waals surface area contributed by atoms with Gasteiger partial charge in [-0.1, -0.05) is 12.1 Å². The van der Waals surface area contributed by atoms with Gasteiger partial charge < -0.3 is 19.3 Å². The number of sulfonamides is 1. The normalized spacial score (nSPS) is 21.2. The molecule has 0 saturated carbocycles. The Morgan fingerprint density at radius 2 is 1.78 bits per heavy atom. The number of nitrogens with zero attached hydrogens (tertiary/aromatic N) is 3. The number of rotatable bonds is 6. The molecule has 5 rings (SSSR count). The molecular formula is C22H25F2N3O4S. The molecule has 0 bridgehead atoms. The molecule has 2 aromatic carbocycles. The standard InChI is InChI=1S/C22H25F2N3O4S/c23-22(24)31-17-5-3-16(4-6-17)15-27-20-14-18(32(28,29)25-10-12-30-13-11-25)7-8-19(20)26-9-1-2-21(26)27/h3-8,14,21-22H,1-2,9-13,15H2. The van der Waals surface area contributed by atoms with Crippen molar-refractivity contribution in [2.45, 2.75) is 37.1 Å². The van der Waals surface area contributed by atoms with Crippen LogP contribution in [0.15, 0.2) is 47.4 Å². The molecule has 0 aliphatic carbocycles. The number of fused-ring (bicyclic) bond motifs is 3. The fourth-order valence-electron chi connectivity index (χ4n) is 4.75. The first-order valence-corrected chi connectivity index (χ1v) is 12.2. The van der Waals surface area contributed by atoms with Crippen LogP contribution in [0, 0.1) is 0 Å². The molecule has 1 unspecified atom stereocenters. The van der Waals surface area contributed by atoms with Crippen molar-refractivity contribution in [2.75, 3.05) is 42.6 Å². The summed E-state index contributed by atoms with van der Waals surface area (Å²) in [5.41, 5.74) is 2.86. The fourth-order valence-corrected chi connectivity index (χ4v) is 6.18. The van der Waals surface area contributed by atoms with E-state index < -0.39 is 16.6 Å². The smallest absolute Gasteiger partial charge is 0.387 e. The summed E-state index contributed by atoms with van der Waals surface area (Å²) in [5.74, 6) is 0.118. The number of alkyl halides is 2. The molecule has 3 aliphatic rings. The average molecular weight is 466 g/mol. The molecule has 0 N–H and O–H groups in total. The summed E-state index contributed by atoms with van der Waals surface area (Å²) in [7, 11) is -3.60. The van der Waals surface area contributed by atoms with E-state index in [1.807, 2.05) is 6.07 Å². The first kappa shape index (κ1) is 21.4. The largest absolute Gasteiger partial charge is 0.435 e. The lowest BCUT2D eigenvalue weighted by Crippen LogP contribution is -2.40. The highest BCUT2D eigenvalue weighted by molar-refractivity contribution is 7.89. The molecule has 0 spiro atoms. The van der Waals surface area contributed by atoms with E-state index in [2.05, 4.69) is 14.5 Å². The van der Waals surface area contributed by atoms with E-state index in [4.69, 9.17) is 4.74 Å². The number of morpholine rings is 1. The zero-order valence-corrected chi connectivity index (χ0v) is 18.3. The van der Waals surface area contributed by atoms with Gasteiger partial charge in [-0.05, 0) is 48.7 Å². The molecule has 7 nitrogen and oxygen atoms in total. The molecule has 2 saturated heterocycles. The maximum absolute atomic E-state index is 13.2. The van der Waals surface area contributed by atoms with Crippen molar-refractivity contribution in [1.29, 1.82) is 0 Å². The van der Waals surface area contributed by atoms with Gasteiger partial charge in [0.2, 0.25) is 10.0 Å². The first-order chi connectivity index (χ1) is 15.4. The molecule has 32 heavy (non-hydrogen) atoms. The zero-order chi connectivity index (χ0) is 22.3. The Bertz CT molecular complexity index is 1080. The summed E-state index contributed by atoms with van der Waals surface area (Å²) in [6.45, 7) is 0.116. The van der Waals surface area contributed by atoms with Gasteiger partial charge >= 0.3 is 6.61 Å². The van der Waals surface area contributed by atoms with Crippen molar-refractivity contribution < 1.29 is 26.7 Å². The molecule has 172 valence electrons. The monoisotopic (exact) mass is 465 g/mol. The van der Waals surface area contributed by atoms with Crippen LogP contribution >= 0.6 is 0 Å². The number of hydrogen-bond acceptors (Lipinski definition) is 6. The van der Waals surface area contributed by atoms with Crippen molar-refractivity contribution in [3.63, 3.8) is 0 Å². The Morgan fingerprint density at radius 1 is 1.03 bits per heavy atom. The molecule has 3 aliphatic heterocycles. The summed E-state index contributed by atoms with van der Waals surface area (Å²) in [4.78, 5) is 4.81. The molecule has 2 aromatic rings. The molecule has 3 heterocycles. The van der Waals surface area contributed by atoms with Crippen LogP contribution in [0.2, 0.25) is 0 Å². The van der Waals surface area contributed by atoms with E-state index in [9.17, 15) is 17.2 Å². The van der Waals surface area contributed by atoms with Gasteiger partial charge in [0, 0.05) is 26.2 Å². The molecule has 0 aromatic heterocycles. The molecule has 0 radical (unpaired) electrons. The van der Waals surface area contributed by atoms with Crippen LogP contribution in [-0.4, -0.2) is 58.3 Å². The van der Waals surface area contributed by atoms with Gasteiger partial charge in [0.05, 0.1) is 29.5 Å². The minimum Gasteiger partial charge on any atom is -0.435 e. The lowest BCUT2D eigenvalue weighted by Gasteiger charge is -2.28. The molecule has 10 heteroatoms. The fraction of sp³-hybridized carbons (Fsp3) is 0.455. The van der Waals surface area contributed by atoms with Crippen molar-refractivity contribution in [2.24, 2.45) is 0 Å². The Balaban J connectivity index is 1.44. The van der Waals surface area contributed by atoms with Crippen molar-refractivity contribution in [1.82, 2.24) is 4.31 Å². The van der Waals surface area contributed by atoms with E-state index in [-0.39, 0.29) is 16.8 Å². The van der Waals surface area contributed by atoms with E-state index in [1.165, 1.54) is 16.4 Å². The topological polar surface area (TPSA) is 62.3 Å². The molecule has 1 atom stereocenters. The van der Waals surface area contributed by atoms with Crippen LogP contribution in [0.25, 0.3) is 0 Å². The van der Waals surface area contributed by atoms with Crippen molar-refractivity contribution in [3.8, 4) is 5.75 Å². The predicted octanol–water partition coefficient (Wildman–Crippen LogP) is 3.26. The SMILES string of the molecule is O=S(=O)(c1ccc2c(c1)N(Cc1ccc(OC(F)F)cc1)C1CCCN21)N1CCOCC1. The third-order valence-corrected chi connectivity index (χ3v) is 8.15. The number of benzene rings is 2. The van der Waals surface area contributed by atoms with E-state index in [1.54, 1.807) is 24.3 Å². The van der Waals surface area contributed by atoms with E-state index >= 15 is 0 Å². The van der Waals surface area contributed by atoms with Crippen LogP contribution in [0.5, 0.6) is 5.75 Å². The van der Waals surface area contributed by atoms with Crippen LogP contribution in [-0.2, 0) is 21.3 Å². The predicted molar refractivity (Wildman–Crippen MR) is 116 cm³/mol. The van der Waals surface area contributed by atoms with Gasteiger partial charge in [-0.15, -0.1) is 0 Å². The highest BCUT2D eigenvalue weighted by atomic mass is 32.2. The van der Waals surface area contributed by atoms with Gasteiger partial charge in [0.1, 0.15) is 11.9 Å². The maximum Gasteiger partial charge on any atom is 0.387 e. The van der Waals surface area contributed by atoms with Gasteiger partial charge in [0.25, 0.3) is 0 Å². The zero-order valence-electron chi connectivity index (χ0n) is 17.5. The Morgan fingerprint density at radius 3 is 2.50 bits per heavy atom. The summed E-state index contributed by atoms with van der Waals surface area (Å²) in [6.07, 6.45) is 2.20. The average Bonchev–Trinajstić information content (AvgIpc) is 3.37. The molecule has 2 fully saturated rings. The second kappa shape index (κ2) is 8.49. The minimum atomic E-state index is -3.60. The lowest BCUT2D eigenvalue weighted by atomic mass is 10.1. The van der Waals surface area contributed by atoms with Gasteiger partial charge in [-0.2, -0.15) is 13.1 Å². The Kier molecular flexibility index (Phi) is 5.68. The first-order valence-electron chi connectivity index (χ1n) is 10.7. The number of anilines is 2. The van der Waals surface area contributed by atoms with Gasteiger partial charge in [-0.3, -0.25) is 0 Å². The van der Waals surface area contributed by atoms with Crippen molar-refractivity contribution in [3.05, 3.63) is 48.0 Å². The number of ether oxygens (including phenoxy) is 2. The third-order valence-electron chi connectivity index (χ3n) is 6.26. The molecule has 0 amide bonds. The summed E-state index contributed by atoms with van der Waals surface area (Å²) < 4.78 is 62.5. The summed E-state index contributed by atoms with van der Waals surface area (Å²) in [5, 5.41) is 0. The maximum atomic E-state index is 13.2. The highest BCUT2D eigenvalue weighted by Gasteiger charge is 2.40. The number of halogens is 2. The highest BCUT2D eigenvalue weighted by Crippen LogP contribution is 2.45. The second-order valence-corrected chi connectivity index (χ2v) is 10.1. The Hall–Kier alpha value is -2.43. The van der Waals surface area contributed by atoms with Gasteiger partial charge in [0.15, 0.2) is 0 Å². The van der Waals surface area contributed by atoms with Crippen LogP contribution in [0.4, 0.5) is 20.2 Å². The summed E-state index contributed by atoms with van der Waals surface area (Å²) >= 11 is 0. The quantitative estimate of drug-likeness (QED) is 0.653. The number of hydrogen-bond donors (Lipinski definition) is 0. The van der Waals surface area contributed by atoms with Crippen molar-refractivity contribution >= 4 is 21.4 Å². The van der Waals surface area contributed by atoms with E-state index in [0.717, 1.165) is 36.3 Å². The Labute approximate surface area is 186 Å². The van der Waals surface area contributed by atoms with Gasteiger partial charge in [-0.25, -0.2) is 8.42 Å².